The smallest absolute Gasteiger partial charge is 0.225 e. The van der Waals surface area contributed by atoms with E-state index >= 15 is 0 Å². The van der Waals surface area contributed by atoms with E-state index in [0.29, 0.717) is 22.8 Å². The molecule has 2 amide bonds. The Morgan fingerprint density at radius 1 is 1.30 bits per heavy atom. The molecule has 0 heterocycles. The van der Waals surface area contributed by atoms with Crippen LogP contribution in [0.2, 0.25) is 5.02 Å². The standard InChI is InChI=1S/C14H20ClN3O2/c1-4-16-9(2)7-14(20)18-11-5-6-13(12(15)8-11)17-10(3)19/h5-6,8-9,16H,4,7H2,1-3H3,(H,17,19)(H,18,20). The van der Waals surface area contributed by atoms with E-state index in [-0.39, 0.29) is 17.9 Å². The maximum absolute atomic E-state index is 11.8. The number of halogens is 1. The quantitative estimate of drug-likeness (QED) is 0.756. The Bertz CT molecular complexity index is 491. The molecule has 1 rings (SSSR count). The van der Waals surface area contributed by atoms with Crippen LogP contribution in [-0.2, 0) is 9.59 Å². The van der Waals surface area contributed by atoms with Gasteiger partial charge in [0.05, 0.1) is 10.7 Å². The van der Waals surface area contributed by atoms with Crippen molar-refractivity contribution in [3.63, 3.8) is 0 Å². The molecule has 6 heteroatoms. The predicted molar refractivity (Wildman–Crippen MR) is 82.1 cm³/mol. The van der Waals surface area contributed by atoms with E-state index in [1.54, 1.807) is 18.2 Å². The monoisotopic (exact) mass is 297 g/mol. The third kappa shape index (κ3) is 5.59. The first-order chi connectivity index (χ1) is 9.42. The second-order valence-corrected chi connectivity index (χ2v) is 4.99. The summed E-state index contributed by atoms with van der Waals surface area (Å²) in [7, 11) is 0. The molecule has 0 aliphatic rings. The highest BCUT2D eigenvalue weighted by molar-refractivity contribution is 6.34. The summed E-state index contributed by atoms with van der Waals surface area (Å²) in [5.74, 6) is -0.273. The van der Waals surface area contributed by atoms with Gasteiger partial charge in [-0.3, -0.25) is 9.59 Å². The maximum Gasteiger partial charge on any atom is 0.225 e. The first-order valence-corrected chi connectivity index (χ1v) is 6.90. The highest BCUT2D eigenvalue weighted by atomic mass is 35.5. The summed E-state index contributed by atoms with van der Waals surface area (Å²) in [5, 5.41) is 8.94. The Labute approximate surface area is 124 Å². The summed E-state index contributed by atoms with van der Waals surface area (Å²) in [4.78, 5) is 22.8. The van der Waals surface area contributed by atoms with Crippen molar-refractivity contribution in [2.45, 2.75) is 33.2 Å². The fourth-order valence-electron chi connectivity index (χ4n) is 1.79. The number of hydrogen-bond acceptors (Lipinski definition) is 3. The summed E-state index contributed by atoms with van der Waals surface area (Å²) in [6.45, 7) is 6.19. The Morgan fingerprint density at radius 3 is 2.55 bits per heavy atom. The van der Waals surface area contributed by atoms with Gasteiger partial charge in [0.15, 0.2) is 0 Å². The van der Waals surface area contributed by atoms with E-state index in [9.17, 15) is 9.59 Å². The number of amides is 2. The average Bonchev–Trinajstić information content (AvgIpc) is 2.32. The maximum atomic E-state index is 11.8. The molecule has 0 saturated heterocycles. The summed E-state index contributed by atoms with van der Waals surface area (Å²) in [5.41, 5.74) is 1.14. The fraction of sp³-hybridized carbons (Fsp3) is 0.429. The van der Waals surface area contributed by atoms with Crippen LogP contribution in [0.4, 0.5) is 11.4 Å². The van der Waals surface area contributed by atoms with Crippen LogP contribution in [0, 0.1) is 0 Å². The molecule has 1 aromatic rings. The van der Waals surface area contributed by atoms with Gasteiger partial charge in [-0.25, -0.2) is 0 Å². The molecule has 0 saturated carbocycles. The van der Waals surface area contributed by atoms with Gasteiger partial charge in [0.1, 0.15) is 0 Å². The van der Waals surface area contributed by atoms with Crippen molar-refractivity contribution < 1.29 is 9.59 Å². The third-order valence-electron chi connectivity index (χ3n) is 2.61. The highest BCUT2D eigenvalue weighted by Crippen LogP contribution is 2.25. The SMILES string of the molecule is CCNC(C)CC(=O)Nc1ccc(NC(C)=O)c(Cl)c1. The van der Waals surface area contributed by atoms with Crippen LogP contribution in [0.1, 0.15) is 27.2 Å². The molecule has 0 fully saturated rings. The predicted octanol–water partition coefficient (Wildman–Crippen LogP) is 2.62. The fourth-order valence-corrected chi connectivity index (χ4v) is 2.02. The van der Waals surface area contributed by atoms with Gasteiger partial charge in [-0.15, -0.1) is 0 Å². The van der Waals surface area contributed by atoms with Crippen molar-refractivity contribution in [3.05, 3.63) is 23.2 Å². The molecular formula is C14H20ClN3O2. The van der Waals surface area contributed by atoms with E-state index < -0.39 is 0 Å². The zero-order chi connectivity index (χ0) is 15.1. The molecule has 0 aliphatic heterocycles. The second-order valence-electron chi connectivity index (χ2n) is 4.59. The number of nitrogens with one attached hydrogen (secondary N) is 3. The second kappa shape index (κ2) is 7.87. The van der Waals surface area contributed by atoms with Gasteiger partial charge in [-0.2, -0.15) is 0 Å². The Balaban J connectivity index is 2.62. The minimum Gasteiger partial charge on any atom is -0.326 e. The van der Waals surface area contributed by atoms with Crippen molar-refractivity contribution in [1.82, 2.24) is 5.32 Å². The molecule has 0 bridgehead atoms. The van der Waals surface area contributed by atoms with Crippen LogP contribution in [-0.4, -0.2) is 24.4 Å². The number of anilines is 2. The zero-order valence-corrected chi connectivity index (χ0v) is 12.7. The van der Waals surface area contributed by atoms with Crippen LogP contribution < -0.4 is 16.0 Å². The Kier molecular flexibility index (Phi) is 6.48. The van der Waals surface area contributed by atoms with Crippen LogP contribution in [0.5, 0.6) is 0 Å². The van der Waals surface area contributed by atoms with Gasteiger partial charge in [0.25, 0.3) is 0 Å². The molecule has 0 radical (unpaired) electrons. The van der Waals surface area contributed by atoms with Gasteiger partial charge in [0.2, 0.25) is 11.8 Å². The molecular weight excluding hydrogens is 278 g/mol. The Hall–Kier alpha value is -1.59. The van der Waals surface area contributed by atoms with Crippen LogP contribution >= 0.6 is 11.6 Å². The third-order valence-corrected chi connectivity index (χ3v) is 2.92. The molecule has 3 N–H and O–H groups in total. The molecule has 20 heavy (non-hydrogen) atoms. The number of hydrogen-bond donors (Lipinski definition) is 3. The lowest BCUT2D eigenvalue weighted by Crippen LogP contribution is -2.30. The molecule has 1 atom stereocenters. The molecule has 110 valence electrons. The molecule has 0 aliphatic carbocycles. The Morgan fingerprint density at radius 2 is 2.00 bits per heavy atom. The average molecular weight is 298 g/mol. The van der Waals surface area contributed by atoms with Crippen LogP contribution in [0.3, 0.4) is 0 Å². The van der Waals surface area contributed by atoms with Crippen LogP contribution in [0.25, 0.3) is 0 Å². The zero-order valence-electron chi connectivity index (χ0n) is 11.9. The summed E-state index contributed by atoms with van der Waals surface area (Å²) < 4.78 is 0. The molecule has 1 aromatic carbocycles. The largest absolute Gasteiger partial charge is 0.326 e. The number of carbonyl (C=O) groups excluding carboxylic acids is 2. The van der Waals surface area contributed by atoms with Crippen molar-refractivity contribution >= 4 is 34.8 Å². The van der Waals surface area contributed by atoms with E-state index in [4.69, 9.17) is 11.6 Å². The topological polar surface area (TPSA) is 70.2 Å². The lowest BCUT2D eigenvalue weighted by Gasteiger charge is -2.13. The van der Waals surface area contributed by atoms with E-state index in [2.05, 4.69) is 16.0 Å². The van der Waals surface area contributed by atoms with E-state index in [1.807, 2.05) is 13.8 Å². The van der Waals surface area contributed by atoms with E-state index in [0.717, 1.165) is 6.54 Å². The summed E-state index contributed by atoms with van der Waals surface area (Å²) in [6.07, 6.45) is 0.388. The van der Waals surface area contributed by atoms with Gasteiger partial charge in [0, 0.05) is 25.1 Å². The van der Waals surface area contributed by atoms with Crippen molar-refractivity contribution in [3.8, 4) is 0 Å². The van der Waals surface area contributed by atoms with Gasteiger partial charge in [-0.1, -0.05) is 18.5 Å². The highest BCUT2D eigenvalue weighted by Gasteiger charge is 2.09. The molecule has 0 spiro atoms. The first kappa shape index (κ1) is 16.5. The van der Waals surface area contributed by atoms with Crippen LogP contribution in [0.15, 0.2) is 18.2 Å². The lowest BCUT2D eigenvalue weighted by molar-refractivity contribution is -0.116. The summed E-state index contributed by atoms with van der Waals surface area (Å²) in [6, 6.07) is 5.09. The molecule has 1 unspecified atom stereocenters. The number of carbonyl (C=O) groups is 2. The van der Waals surface area contributed by atoms with Gasteiger partial charge in [-0.05, 0) is 31.7 Å². The number of rotatable bonds is 6. The van der Waals surface area contributed by atoms with E-state index in [1.165, 1.54) is 6.92 Å². The van der Waals surface area contributed by atoms with Gasteiger partial charge < -0.3 is 16.0 Å². The molecule has 5 nitrogen and oxygen atoms in total. The molecule has 0 aromatic heterocycles. The van der Waals surface area contributed by atoms with Crippen molar-refractivity contribution in [2.24, 2.45) is 0 Å². The number of benzene rings is 1. The van der Waals surface area contributed by atoms with Crippen molar-refractivity contribution in [2.75, 3.05) is 17.2 Å². The van der Waals surface area contributed by atoms with Crippen molar-refractivity contribution in [1.29, 1.82) is 0 Å². The normalized spacial score (nSPS) is 11.8. The lowest BCUT2D eigenvalue weighted by atomic mass is 10.2. The first-order valence-electron chi connectivity index (χ1n) is 6.52. The summed E-state index contributed by atoms with van der Waals surface area (Å²) >= 11 is 6.03. The minimum atomic E-state index is -0.192. The minimum absolute atomic E-state index is 0.0817. The van der Waals surface area contributed by atoms with Gasteiger partial charge >= 0.3 is 0 Å².